The number of ether oxygens (including phenoxy) is 1. The third kappa shape index (κ3) is 4.30. The summed E-state index contributed by atoms with van der Waals surface area (Å²) >= 11 is 1.45. The van der Waals surface area contributed by atoms with Crippen molar-refractivity contribution in [3.05, 3.63) is 64.8 Å². The zero-order valence-corrected chi connectivity index (χ0v) is 18.0. The van der Waals surface area contributed by atoms with E-state index >= 15 is 0 Å². The number of aromatic nitrogens is 2. The van der Waals surface area contributed by atoms with Gasteiger partial charge in [0.05, 0.1) is 19.0 Å². The van der Waals surface area contributed by atoms with Gasteiger partial charge in [-0.15, -0.1) is 11.3 Å². The van der Waals surface area contributed by atoms with Crippen LogP contribution in [-0.4, -0.2) is 51.5 Å². The lowest BCUT2D eigenvalue weighted by atomic mass is 10.0. The van der Waals surface area contributed by atoms with Crippen LogP contribution in [0, 0.1) is 0 Å². The maximum atomic E-state index is 12.5. The van der Waals surface area contributed by atoms with Gasteiger partial charge in [0, 0.05) is 23.6 Å². The zero-order valence-electron chi connectivity index (χ0n) is 17.1. The van der Waals surface area contributed by atoms with Crippen LogP contribution in [0.1, 0.15) is 22.0 Å². The van der Waals surface area contributed by atoms with Crippen molar-refractivity contribution >= 4 is 45.2 Å². The van der Waals surface area contributed by atoms with E-state index in [1.54, 1.807) is 4.90 Å². The second-order valence-corrected chi connectivity index (χ2v) is 8.18. The van der Waals surface area contributed by atoms with E-state index in [1.807, 2.05) is 30.3 Å². The van der Waals surface area contributed by atoms with Crippen LogP contribution in [0.4, 0.5) is 5.82 Å². The number of esters is 1. The number of benzene rings is 1. The molecule has 0 bridgehead atoms. The normalized spacial score (nSPS) is 14.2. The first-order valence-corrected chi connectivity index (χ1v) is 10.6. The molecule has 0 aliphatic carbocycles. The second-order valence-electron chi connectivity index (χ2n) is 7.10. The average Bonchev–Trinajstić information content (AvgIpc) is 3.19. The highest BCUT2D eigenvalue weighted by Crippen LogP contribution is 2.38. The van der Waals surface area contributed by atoms with Gasteiger partial charge in [0.25, 0.3) is 0 Å². The van der Waals surface area contributed by atoms with Crippen LogP contribution >= 0.6 is 11.3 Å². The van der Waals surface area contributed by atoms with Crippen molar-refractivity contribution in [2.75, 3.05) is 19.0 Å². The summed E-state index contributed by atoms with van der Waals surface area (Å²) in [6.07, 6.45) is 3.91. The van der Waals surface area contributed by atoms with E-state index in [4.69, 9.17) is 9.84 Å². The number of aliphatic carboxylic acids is 1. The van der Waals surface area contributed by atoms with Crippen LogP contribution in [0.5, 0.6) is 0 Å². The van der Waals surface area contributed by atoms with Gasteiger partial charge < -0.3 is 20.1 Å². The molecule has 9 nitrogen and oxygen atoms in total. The summed E-state index contributed by atoms with van der Waals surface area (Å²) in [6.45, 7) is 0.798. The minimum Gasteiger partial charge on any atom is -0.478 e. The third-order valence-corrected chi connectivity index (χ3v) is 6.29. The lowest BCUT2D eigenvalue weighted by Gasteiger charge is -2.26. The molecule has 4 rings (SSSR count). The Kier molecular flexibility index (Phi) is 6.13. The molecule has 0 saturated heterocycles. The van der Waals surface area contributed by atoms with E-state index in [1.165, 1.54) is 24.8 Å². The molecular formula is C22H20N4O5S. The van der Waals surface area contributed by atoms with Gasteiger partial charge in [-0.25, -0.2) is 19.6 Å². The summed E-state index contributed by atoms with van der Waals surface area (Å²) in [7, 11) is 1.34. The number of carbonyl (C=O) groups excluding carboxylic acids is 2. The van der Waals surface area contributed by atoms with Gasteiger partial charge in [-0.3, -0.25) is 4.79 Å². The number of anilines is 1. The first kappa shape index (κ1) is 21.4. The molecule has 32 heavy (non-hydrogen) atoms. The highest BCUT2D eigenvalue weighted by molar-refractivity contribution is 7.19. The summed E-state index contributed by atoms with van der Waals surface area (Å²) in [5, 5.41) is 12.8. The Morgan fingerprint density at radius 3 is 2.72 bits per heavy atom. The van der Waals surface area contributed by atoms with Gasteiger partial charge in [-0.05, 0) is 17.5 Å². The lowest BCUT2D eigenvalue weighted by molar-refractivity contribution is -0.141. The van der Waals surface area contributed by atoms with Crippen LogP contribution < -0.4 is 5.32 Å². The molecule has 0 spiro atoms. The Hall–Kier alpha value is -3.79. The molecule has 2 N–H and O–H groups in total. The van der Waals surface area contributed by atoms with Crippen molar-refractivity contribution in [2.24, 2.45) is 0 Å². The highest BCUT2D eigenvalue weighted by Gasteiger charge is 2.28. The molecule has 0 unspecified atom stereocenters. The SMILES string of the molecule is COC(=O)[C@@H](Nc1ncnc2sc3c(c12)CCN(C(=O)/C=C/C(=O)O)C3)c1ccccc1. The van der Waals surface area contributed by atoms with E-state index in [0.717, 1.165) is 38.4 Å². The number of nitrogens with one attached hydrogen (secondary N) is 1. The monoisotopic (exact) mass is 452 g/mol. The molecule has 1 amide bonds. The Morgan fingerprint density at radius 2 is 2.00 bits per heavy atom. The molecule has 10 heteroatoms. The van der Waals surface area contributed by atoms with Gasteiger partial charge in [-0.2, -0.15) is 0 Å². The quantitative estimate of drug-likeness (QED) is 0.432. The van der Waals surface area contributed by atoms with Crippen LogP contribution in [0.3, 0.4) is 0 Å². The molecule has 1 aliphatic heterocycles. The first-order valence-electron chi connectivity index (χ1n) is 9.82. The maximum absolute atomic E-state index is 12.5. The summed E-state index contributed by atoms with van der Waals surface area (Å²) < 4.78 is 4.99. The molecule has 1 aromatic carbocycles. The first-order chi connectivity index (χ1) is 15.5. The van der Waals surface area contributed by atoms with Crippen LogP contribution in [0.2, 0.25) is 0 Å². The number of thiophene rings is 1. The Bertz CT molecular complexity index is 1210. The number of hydrogen-bond acceptors (Lipinski definition) is 8. The van der Waals surface area contributed by atoms with Crippen molar-refractivity contribution in [1.29, 1.82) is 0 Å². The number of methoxy groups -OCH3 is 1. The largest absolute Gasteiger partial charge is 0.478 e. The van der Waals surface area contributed by atoms with Gasteiger partial charge in [0.1, 0.15) is 17.0 Å². The van der Waals surface area contributed by atoms with E-state index in [9.17, 15) is 14.4 Å². The molecule has 0 saturated carbocycles. The van der Waals surface area contributed by atoms with Crippen LogP contribution in [0.25, 0.3) is 10.2 Å². The van der Waals surface area contributed by atoms with Gasteiger partial charge >= 0.3 is 11.9 Å². The molecule has 3 aromatic rings. The number of hydrogen-bond donors (Lipinski definition) is 2. The standard InChI is InChI=1S/C22H20N4O5S/c1-31-22(30)19(13-5-3-2-4-6-13)25-20-18-14-9-10-26(16(27)7-8-17(28)29)11-15(14)32-21(18)24-12-23-20/h2-8,12,19H,9-11H2,1H3,(H,28,29)(H,23,24,25)/b8-7+/t19-/m0/s1. The summed E-state index contributed by atoms with van der Waals surface area (Å²) in [5.74, 6) is -1.43. The number of carboxylic acids is 1. The summed E-state index contributed by atoms with van der Waals surface area (Å²) in [5.41, 5.74) is 1.77. The smallest absolute Gasteiger partial charge is 0.333 e. The summed E-state index contributed by atoms with van der Waals surface area (Å²) in [6, 6.07) is 8.50. The molecule has 0 fully saturated rings. The minimum absolute atomic E-state index is 0.352. The molecule has 1 atom stereocenters. The number of amides is 1. The van der Waals surface area contributed by atoms with E-state index in [-0.39, 0.29) is 5.91 Å². The zero-order chi connectivity index (χ0) is 22.7. The van der Waals surface area contributed by atoms with Gasteiger partial charge in [-0.1, -0.05) is 30.3 Å². The number of carboxylic acid groups (broad SMARTS) is 1. The molecule has 1 aliphatic rings. The predicted molar refractivity (Wildman–Crippen MR) is 118 cm³/mol. The van der Waals surface area contributed by atoms with Crippen molar-refractivity contribution in [1.82, 2.24) is 14.9 Å². The molecule has 3 heterocycles. The van der Waals surface area contributed by atoms with E-state index < -0.39 is 18.0 Å². The predicted octanol–water partition coefficient (Wildman–Crippen LogP) is 2.54. The third-order valence-electron chi connectivity index (χ3n) is 5.17. The molecule has 0 radical (unpaired) electrons. The van der Waals surface area contributed by atoms with Crippen LogP contribution in [0.15, 0.2) is 48.8 Å². The number of nitrogens with zero attached hydrogens (tertiary/aromatic N) is 3. The van der Waals surface area contributed by atoms with Crippen molar-refractivity contribution in [3.63, 3.8) is 0 Å². The van der Waals surface area contributed by atoms with Crippen LogP contribution in [-0.2, 0) is 32.1 Å². The Morgan fingerprint density at radius 1 is 1.22 bits per heavy atom. The Balaban J connectivity index is 1.66. The summed E-state index contributed by atoms with van der Waals surface area (Å²) in [4.78, 5) is 47.5. The number of rotatable bonds is 6. The molecular weight excluding hydrogens is 432 g/mol. The average molecular weight is 452 g/mol. The van der Waals surface area contributed by atoms with Crippen molar-refractivity contribution in [2.45, 2.75) is 19.0 Å². The Labute approximate surface area is 187 Å². The lowest BCUT2D eigenvalue weighted by Crippen LogP contribution is -2.34. The minimum atomic E-state index is -1.16. The van der Waals surface area contributed by atoms with Gasteiger partial charge in [0.2, 0.25) is 5.91 Å². The highest BCUT2D eigenvalue weighted by atomic mass is 32.1. The molecule has 164 valence electrons. The van der Waals surface area contributed by atoms with E-state index in [2.05, 4.69) is 15.3 Å². The van der Waals surface area contributed by atoms with Gasteiger partial charge in [0.15, 0.2) is 6.04 Å². The fourth-order valence-corrected chi connectivity index (χ4v) is 4.85. The fraction of sp³-hybridized carbons (Fsp3) is 0.227. The number of fused-ring (bicyclic) bond motifs is 3. The molecule has 2 aromatic heterocycles. The topological polar surface area (TPSA) is 122 Å². The van der Waals surface area contributed by atoms with Crippen molar-refractivity contribution in [3.8, 4) is 0 Å². The number of carbonyl (C=O) groups is 3. The van der Waals surface area contributed by atoms with E-state index in [0.29, 0.717) is 25.3 Å². The second kappa shape index (κ2) is 9.15. The van der Waals surface area contributed by atoms with Crippen molar-refractivity contribution < 1.29 is 24.2 Å². The maximum Gasteiger partial charge on any atom is 0.333 e. The fourth-order valence-electron chi connectivity index (χ4n) is 3.65.